The van der Waals surface area contributed by atoms with Crippen molar-refractivity contribution in [2.75, 3.05) is 20.2 Å². The maximum absolute atomic E-state index is 12.4. The third-order valence-electron chi connectivity index (χ3n) is 3.52. The molecule has 23 heavy (non-hydrogen) atoms. The summed E-state index contributed by atoms with van der Waals surface area (Å²) in [5.41, 5.74) is 2.23. The molecule has 0 atom stereocenters. The molecule has 6 nitrogen and oxygen atoms in total. The number of aromatic nitrogens is 2. The normalized spacial score (nSPS) is 11.9. The van der Waals surface area contributed by atoms with E-state index in [1.54, 1.807) is 4.57 Å². The Morgan fingerprint density at radius 3 is 2.43 bits per heavy atom. The van der Waals surface area contributed by atoms with Crippen molar-refractivity contribution in [3.63, 3.8) is 0 Å². The third-order valence-corrected chi connectivity index (χ3v) is 5.26. The molecule has 0 aliphatic heterocycles. The molecule has 2 rings (SSSR count). The zero-order valence-corrected chi connectivity index (χ0v) is 14.8. The summed E-state index contributed by atoms with van der Waals surface area (Å²) in [5, 5.41) is 0.0632. The highest BCUT2D eigenvalue weighted by atomic mass is 32.2. The Hall–Kier alpha value is -1.86. The summed E-state index contributed by atoms with van der Waals surface area (Å²) in [5.74, 6) is 0.753. The summed E-state index contributed by atoms with van der Waals surface area (Å²) in [6.45, 7) is 7.16. The van der Waals surface area contributed by atoms with Crippen molar-refractivity contribution in [3.05, 3.63) is 41.9 Å². The molecule has 0 amide bonds. The average Bonchev–Trinajstić information content (AvgIpc) is 2.95. The van der Waals surface area contributed by atoms with Gasteiger partial charge in [0.05, 0.1) is 6.33 Å². The second kappa shape index (κ2) is 7.14. The molecule has 0 saturated carbocycles. The van der Waals surface area contributed by atoms with Gasteiger partial charge in [0.2, 0.25) is 0 Å². The lowest BCUT2D eigenvalue weighted by Crippen LogP contribution is -2.31. The van der Waals surface area contributed by atoms with Crippen molar-refractivity contribution in [1.29, 1.82) is 0 Å². The zero-order chi connectivity index (χ0) is 17.0. The van der Waals surface area contributed by atoms with Crippen molar-refractivity contribution < 1.29 is 13.2 Å². The van der Waals surface area contributed by atoms with E-state index >= 15 is 0 Å². The van der Waals surface area contributed by atoms with Crippen LogP contribution in [0.4, 0.5) is 0 Å². The number of hydrogen-bond acceptors (Lipinski definition) is 4. The van der Waals surface area contributed by atoms with Crippen LogP contribution in [-0.2, 0) is 16.6 Å². The first-order chi connectivity index (χ1) is 10.8. The van der Waals surface area contributed by atoms with Gasteiger partial charge in [0.1, 0.15) is 12.4 Å². The fourth-order valence-corrected chi connectivity index (χ4v) is 3.32. The third kappa shape index (κ3) is 4.33. The van der Waals surface area contributed by atoms with E-state index in [1.165, 1.54) is 23.9 Å². The van der Waals surface area contributed by atoms with Gasteiger partial charge in [-0.15, -0.1) is 0 Å². The van der Waals surface area contributed by atoms with E-state index in [4.69, 9.17) is 4.74 Å². The molecule has 1 heterocycles. The van der Waals surface area contributed by atoms with Gasteiger partial charge in [0, 0.05) is 26.3 Å². The highest BCUT2D eigenvalue weighted by Crippen LogP contribution is 2.17. The van der Waals surface area contributed by atoms with E-state index in [2.05, 4.69) is 11.1 Å². The van der Waals surface area contributed by atoms with E-state index in [0.717, 1.165) is 16.9 Å². The Labute approximate surface area is 137 Å². The van der Waals surface area contributed by atoms with Crippen LogP contribution in [0, 0.1) is 13.8 Å². The SMILES string of the molecule is CCn1cnc(S(=O)(=O)N(C)CCOc2cc(C)cc(C)c2)c1. The molecule has 0 bridgehead atoms. The van der Waals surface area contributed by atoms with Crippen molar-refractivity contribution in [3.8, 4) is 5.75 Å². The molecule has 7 heteroatoms. The monoisotopic (exact) mass is 337 g/mol. The molecule has 1 aromatic carbocycles. The molecule has 0 radical (unpaired) electrons. The summed E-state index contributed by atoms with van der Waals surface area (Å²) in [6.07, 6.45) is 3.06. The van der Waals surface area contributed by atoms with Gasteiger partial charge in [0.25, 0.3) is 10.0 Å². The topological polar surface area (TPSA) is 64.4 Å². The van der Waals surface area contributed by atoms with Crippen LogP contribution in [0.5, 0.6) is 5.75 Å². The molecule has 0 N–H and O–H groups in total. The Balaban J connectivity index is 1.97. The minimum Gasteiger partial charge on any atom is -0.492 e. The summed E-state index contributed by atoms with van der Waals surface area (Å²) in [6, 6.07) is 5.93. The average molecular weight is 337 g/mol. The maximum Gasteiger partial charge on any atom is 0.261 e. The number of hydrogen-bond donors (Lipinski definition) is 0. The van der Waals surface area contributed by atoms with E-state index < -0.39 is 10.0 Å². The summed E-state index contributed by atoms with van der Waals surface area (Å²) in [7, 11) is -2.04. The standard InChI is InChI=1S/C16H23N3O3S/c1-5-19-11-16(17-12-19)23(20,21)18(4)6-7-22-15-9-13(2)8-14(3)10-15/h8-12H,5-7H2,1-4H3. The summed E-state index contributed by atoms with van der Waals surface area (Å²) in [4.78, 5) is 3.96. The first-order valence-corrected chi connectivity index (χ1v) is 8.96. The number of nitrogens with zero attached hydrogens (tertiary/aromatic N) is 3. The number of aryl methyl sites for hydroxylation is 3. The van der Waals surface area contributed by atoms with Gasteiger partial charge in [-0.2, -0.15) is 4.31 Å². The van der Waals surface area contributed by atoms with E-state index in [1.807, 2.05) is 32.9 Å². The maximum atomic E-state index is 12.4. The molecule has 0 saturated heterocycles. The van der Waals surface area contributed by atoms with Crippen LogP contribution < -0.4 is 4.74 Å². The van der Waals surface area contributed by atoms with Crippen molar-refractivity contribution in [1.82, 2.24) is 13.9 Å². The molecule has 0 aliphatic carbocycles. The molecule has 2 aromatic rings. The molecule has 126 valence electrons. The molecule has 1 aromatic heterocycles. The van der Waals surface area contributed by atoms with E-state index in [0.29, 0.717) is 6.54 Å². The number of benzene rings is 1. The van der Waals surface area contributed by atoms with Gasteiger partial charge >= 0.3 is 0 Å². The van der Waals surface area contributed by atoms with Gasteiger partial charge in [-0.3, -0.25) is 0 Å². The van der Waals surface area contributed by atoms with Crippen LogP contribution in [0.15, 0.2) is 35.7 Å². The van der Waals surface area contributed by atoms with E-state index in [-0.39, 0.29) is 18.2 Å². The van der Waals surface area contributed by atoms with Gasteiger partial charge < -0.3 is 9.30 Å². The molecule has 0 fully saturated rings. The smallest absolute Gasteiger partial charge is 0.261 e. The van der Waals surface area contributed by atoms with Crippen LogP contribution in [0.25, 0.3) is 0 Å². The largest absolute Gasteiger partial charge is 0.492 e. The van der Waals surface area contributed by atoms with Crippen LogP contribution in [-0.4, -0.2) is 42.5 Å². The van der Waals surface area contributed by atoms with Gasteiger partial charge in [0.15, 0.2) is 5.03 Å². The second-order valence-electron chi connectivity index (χ2n) is 5.54. The van der Waals surface area contributed by atoms with Gasteiger partial charge in [-0.05, 0) is 44.0 Å². The minimum absolute atomic E-state index is 0.0632. The van der Waals surface area contributed by atoms with Crippen molar-refractivity contribution >= 4 is 10.0 Å². The first kappa shape index (κ1) is 17.5. The molecular weight excluding hydrogens is 314 g/mol. The van der Waals surface area contributed by atoms with Gasteiger partial charge in [-0.25, -0.2) is 13.4 Å². The fourth-order valence-electron chi connectivity index (χ4n) is 2.23. The second-order valence-corrected chi connectivity index (χ2v) is 7.53. The molecule has 0 aliphatic rings. The van der Waals surface area contributed by atoms with Crippen LogP contribution >= 0.6 is 0 Å². The Bertz CT molecular complexity index is 748. The van der Waals surface area contributed by atoms with Crippen LogP contribution in [0.1, 0.15) is 18.1 Å². The molecule has 0 unspecified atom stereocenters. The highest BCUT2D eigenvalue weighted by molar-refractivity contribution is 7.89. The number of imidazole rings is 1. The highest BCUT2D eigenvalue weighted by Gasteiger charge is 2.23. The lowest BCUT2D eigenvalue weighted by atomic mass is 10.1. The first-order valence-electron chi connectivity index (χ1n) is 7.52. The Kier molecular flexibility index (Phi) is 5.43. The lowest BCUT2D eigenvalue weighted by molar-refractivity contribution is 0.286. The zero-order valence-electron chi connectivity index (χ0n) is 14.0. The quantitative estimate of drug-likeness (QED) is 0.777. The minimum atomic E-state index is -3.58. The van der Waals surface area contributed by atoms with Crippen LogP contribution in [0.2, 0.25) is 0 Å². The summed E-state index contributed by atoms with van der Waals surface area (Å²) >= 11 is 0. The number of ether oxygens (including phenoxy) is 1. The lowest BCUT2D eigenvalue weighted by Gasteiger charge is -2.16. The van der Waals surface area contributed by atoms with Gasteiger partial charge in [-0.1, -0.05) is 6.07 Å². The predicted molar refractivity (Wildman–Crippen MR) is 89.1 cm³/mol. The van der Waals surface area contributed by atoms with Crippen LogP contribution in [0.3, 0.4) is 0 Å². The number of sulfonamides is 1. The summed E-state index contributed by atoms with van der Waals surface area (Å²) < 4.78 is 33.5. The predicted octanol–water partition coefficient (Wildman–Crippen LogP) is 2.22. The number of likely N-dealkylation sites (N-methyl/N-ethyl adjacent to an activating group) is 1. The van der Waals surface area contributed by atoms with E-state index in [9.17, 15) is 8.42 Å². The van der Waals surface area contributed by atoms with Crippen molar-refractivity contribution in [2.45, 2.75) is 32.3 Å². The number of rotatable bonds is 7. The van der Waals surface area contributed by atoms with Crippen molar-refractivity contribution in [2.24, 2.45) is 0 Å². The fraction of sp³-hybridized carbons (Fsp3) is 0.438. The molecular formula is C16H23N3O3S. The Morgan fingerprint density at radius 1 is 1.22 bits per heavy atom. The molecule has 0 spiro atoms. The Morgan fingerprint density at radius 2 is 1.87 bits per heavy atom.